The highest BCUT2D eigenvalue weighted by Crippen LogP contribution is 2.33. The summed E-state index contributed by atoms with van der Waals surface area (Å²) in [5.41, 5.74) is 2.59. The van der Waals surface area contributed by atoms with E-state index in [0.29, 0.717) is 28.9 Å². The van der Waals surface area contributed by atoms with Gasteiger partial charge in [-0.05, 0) is 47.9 Å². The first kappa shape index (κ1) is 17.0. The number of phenols is 1. The van der Waals surface area contributed by atoms with E-state index >= 15 is 0 Å². The summed E-state index contributed by atoms with van der Waals surface area (Å²) < 4.78 is 6.10. The fourth-order valence-corrected chi connectivity index (χ4v) is 2.94. The zero-order chi connectivity index (χ0) is 18.8. The Kier molecular flexibility index (Phi) is 4.47. The second-order valence-corrected chi connectivity index (χ2v) is 6.71. The molecule has 4 nitrogen and oxygen atoms in total. The normalized spacial score (nSPS) is 11.1. The summed E-state index contributed by atoms with van der Waals surface area (Å²) >= 11 is 0. The second kappa shape index (κ2) is 7.08. The topological polar surface area (TPSA) is 55.2 Å². The summed E-state index contributed by atoms with van der Waals surface area (Å²) in [6.07, 6.45) is 0. The molecule has 1 N–H and O–H groups in total. The Morgan fingerprint density at radius 2 is 1.52 bits per heavy atom. The first-order valence-electron chi connectivity index (χ1n) is 8.95. The molecule has 27 heavy (non-hydrogen) atoms. The summed E-state index contributed by atoms with van der Waals surface area (Å²) in [7, 11) is 0. The minimum Gasteiger partial charge on any atom is -0.507 e. The van der Waals surface area contributed by atoms with Crippen molar-refractivity contribution in [3.63, 3.8) is 0 Å². The van der Waals surface area contributed by atoms with Crippen LogP contribution in [-0.2, 0) is 0 Å². The third kappa shape index (κ3) is 3.47. The van der Waals surface area contributed by atoms with Crippen molar-refractivity contribution in [3.05, 3.63) is 78.4 Å². The van der Waals surface area contributed by atoms with Crippen LogP contribution in [0.2, 0.25) is 0 Å². The number of hydrogen-bond acceptors (Lipinski definition) is 4. The molecule has 0 radical (unpaired) electrons. The van der Waals surface area contributed by atoms with Crippen molar-refractivity contribution in [3.8, 4) is 28.8 Å². The molecule has 4 aromatic rings. The summed E-state index contributed by atoms with van der Waals surface area (Å²) in [5.74, 6) is 2.22. The van der Waals surface area contributed by atoms with Crippen molar-refractivity contribution in [1.29, 1.82) is 0 Å². The number of hydrogen-bond donors (Lipinski definition) is 1. The highest BCUT2D eigenvalue weighted by Gasteiger charge is 2.13. The van der Waals surface area contributed by atoms with Crippen LogP contribution in [0.3, 0.4) is 0 Å². The summed E-state index contributed by atoms with van der Waals surface area (Å²) in [6.45, 7) is 4.32. The van der Waals surface area contributed by atoms with Gasteiger partial charge in [0.1, 0.15) is 11.5 Å². The van der Waals surface area contributed by atoms with Gasteiger partial charge in [0, 0.05) is 0 Å². The number of ether oxygens (including phenoxy) is 1. The monoisotopic (exact) mass is 356 g/mol. The van der Waals surface area contributed by atoms with Crippen LogP contribution in [0.15, 0.2) is 72.8 Å². The molecule has 134 valence electrons. The lowest BCUT2D eigenvalue weighted by Gasteiger charge is -2.12. The van der Waals surface area contributed by atoms with Crippen LogP contribution in [0.4, 0.5) is 0 Å². The second-order valence-electron chi connectivity index (χ2n) is 6.71. The molecule has 1 aromatic heterocycles. The largest absolute Gasteiger partial charge is 0.507 e. The third-order valence-corrected chi connectivity index (χ3v) is 4.47. The molecule has 0 amide bonds. The Morgan fingerprint density at radius 3 is 2.26 bits per heavy atom. The maximum atomic E-state index is 10.2. The third-order valence-electron chi connectivity index (χ3n) is 4.47. The van der Waals surface area contributed by atoms with Crippen molar-refractivity contribution in [2.75, 3.05) is 0 Å². The van der Waals surface area contributed by atoms with Gasteiger partial charge in [-0.1, -0.05) is 50.2 Å². The SMILES string of the molecule is CC(C)c1ccc(Oc2nc(-c3ccccc3O)nc3ccccc23)cc1. The molecule has 3 aromatic carbocycles. The van der Waals surface area contributed by atoms with Crippen molar-refractivity contribution in [1.82, 2.24) is 9.97 Å². The predicted octanol–water partition coefficient (Wildman–Crippen LogP) is 5.92. The molecular formula is C23H20N2O2. The lowest BCUT2D eigenvalue weighted by atomic mass is 10.0. The number of aromatic hydroxyl groups is 1. The molecule has 0 spiro atoms. The van der Waals surface area contributed by atoms with E-state index in [1.54, 1.807) is 18.2 Å². The summed E-state index contributed by atoms with van der Waals surface area (Å²) in [5, 5.41) is 11.0. The smallest absolute Gasteiger partial charge is 0.230 e. The van der Waals surface area contributed by atoms with Gasteiger partial charge in [0.2, 0.25) is 5.88 Å². The zero-order valence-corrected chi connectivity index (χ0v) is 15.3. The zero-order valence-electron chi connectivity index (χ0n) is 15.3. The van der Waals surface area contributed by atoms with E-state index in [4.69, 9.17) is 4.74 Å². The lowest BCUT2D eigenvalue weighted by molar-refractivity contribution is 0.467. The number of fused-ring (bicyclic) bond motifs is 1. The fraction of sp³-hybridized carbons (Fsp3) is 0.130. The molecule has 0 bridgehead atoms. The Morgan fingerprint density at radius 1 is 0.815 bits per heavy atom. The summed E-state index contributed by atoms with van der Waals surface area (Å²) in [6, 6.07) is 22.8. The number of nitrogens with zero attached hydrogens (tertiary/aromatic N) is 2. The van der Waals surface area contributed by atoms with Crippen molar-refractivity contribution in [2.24, 2.45) is 0 Å². The van der Waals surface area contributed by atoms with Gasteiger partial charge in [-0.25, -0.2) is 4.98 Å². The van der Waals surface area contributed by atoms with E-state index in [1.165, 1.54) is 5.56 Å². The first-order valence-corrected chi connectivity index (χ1v) is 8.95. The Hall–Kier alpha value is -3.40. The molecule has 0 aliphatic rings. The molecule has 1 heterocycles. The minimum absolute atomic E-state index is 0.139. The highest BCUT2D eigenvalue weighted by molar-refractivity contribution is 5.85. The maximum Gasteiger partial charge on any atom is 0.230 e. The van der Waals surface area contributed by atoms with Crippen molar-refractivity contribution >= 4 is 10.9 Å². The molecule has 0 atom stereocenters. The molecule has 4 heteroatoms. The Labute approximate surface area is 158 Å². The van der Waals surface area contributed by atoms with E-state index in [-0.39, 0.29) is 5.75 Å². The molecule has 0 saturated heterocycles. The minimum atomic E-state index is 0.139. The standard InChI is InChI=1S/C23H20N2O2/c1-15(2)16-11-13-17(14-12-16)27-23-18-7-3-5-9-20(18)24-22(25-23)19-8-4-6-10-21(19)26/h3-15,26H,1-2H3. The van der Waals surface area contributed by atoms with Crippen molar-refractivity contribution < 1.29 is 9.84 Å². The Bertz CT molecular complexity index is 1090. The van der Waals surface area contributed by atoms with Gasteiger partial charge >= 0.3 is 0 Å². The van der Waals surface area contributed by atoms with E-state index in [9.17, 15) is 5.11 Å². The molecule has 0 saturated carbocycles. The van der Waals surface area contributed by atoms with Gasteiger partial charge in [0.05, 0.1) is 16.5 Å². The Balaban J connectivity index is 1.80. The molecule has 0 unspecified atom stereocenters. The quantitative estimate of drug-likeness (QED) is 0.493. The van der Waals surface area contributed by atoms with Crippen molar-refractivity contribution in [2.45, 2.75) is 19.8 Å². The molecule has 4 rings (SSSR count). The van der Waals surface area contributed by atoms with E-state index in [1.807, 2.05) is 42.5 Å². The van der Waals surface area contributed by atoms with Gasteiger partial charge in [-0.15, -0.1) is 0 Å². The van der Waals surface area contributed by atoms with Gasteiger partial charge in [-0.3, -0.25) is 0 Å². The number of benzene rings is 3. The van der Waals surface area contributed by atoms with E-state index < -0.39 is 0 Å². The van der Waals surface area contributed by atoms with Crippen LogP contribution in [0, 0.1) is 0 Å². The summed E-state index contributed by atoms with van der Waals surface area (Å²) in [4.78, 5) is 9.19. The van der Waals surface area contributed by atoms with E-state index in [0.717, 1.165) is 10.9 Å². The molecule has 0 fully saturated rings. The molecular weight excluding hydrogens is 336 g/mol. The predicted molar refractivity (Wildman–Crippen MR) is 107 cm³/mol. The van der Waals surface area contributed by atoms with Gasteiger partial charge in [0.15, 0.2) is 5.82 Å². The van der Waals surface area contributed by atoms with Crippen LogP contribution >= 0.6 is 0 Å². The van der Waals surface area contributed by atoms with Crippen LogP contribution in [-0.4, -0.2) is 15.1 Å². The molecule has 0 aliphatic carbocycles. The highest BCUT2D eigenvalue weighted by atomic mass is 16.5. The average Bonchev–Trinajstić information content (AvgIpc) is 2.68. The maximum absolute atomic E-state index is 10.2. The van der Waals surface area contributed by atoms with Crippen LogP contribution in [0.5, 0.6) is 17.4 Å². The van der Waals surface area contributed by atoms with Gasteiger partial charge < -0.3 is 9.84 Å². The fourth-order valence-electron chi connectivity index (χ4n) is 2.94. The molecule has 0 aliphatic heterocycles. The van der Waals surface area contributed by atoms with Gasteiger partial charge in [-0.2, -0.15) is 4.98 Å². The number of para-hydroxylation sites is 2. The van der Waals surface area contributed by atoms with E-state index in [2.05, 4.69) is 35.9 Å². The van der Waals surface area contributed by atoms with Crippen LogP contribution < -0.4 is 4.74 Å². The van der Waals surface area contributed by atoms with Gasteiger partial charge in [0.25, 0.3) is 0 Å². The number of aromatic nitrogens is 2. The lowest BCUT2D eigenvalue weighted by Crippen LogP contribution is -1.96. The average molecular weight is 356 g/mol. The number of rotatable bonds is 4. The van der Waals surface area contributed by atoms with Crippen LogP contribution in [0.1, 0.15) is 25.3 Å². The first-order chi connectivity index (χ1) is 13.1. The van der Waals surface area contributed by atoms with Crippen LogP contribution in [0.25, 0.3) is 22.3 Å². The number of phenolic OH excluding ortho intramolecular Hbond substituents is 1.